The average molecular weight is 330 g/mol. The summed E-state index contributed by atoms with van der Waals surface area (Å²) in [4.78, 5) is 13.8. The summed E-state index contributed by atoms with van der Waals surface area (Å²) in [6.07, 6.45) is 1.61. The highest BCUT2D eigenvalue weighted by Gasteiger charge is 2.37. The first-order valence-electron chi connectivity index (χ1n) is 7.87. The van der Waals surface area contributed by atoms with Gasteiger partial charge in [-0.2, -0.15) is 0 Å². The molecular formula is C19H20ClNO2. The maximum atomic E-state index is 11.7. The molecule has 1 heterocycles. The normalized spacial score (nSPS) is 19.7. The zero-order valence-corrected chi connectivity index (χ0v) is 13.8. The Balaban J connectivity index is 2.08. The molecule has 2 atom stereocenters. The van der Waals surface area contributed by atoms with E-state index in [1.54, 1.807) is 0 Å². The highest BCUT2D eigenvalue weighted by atomic mass is 35.5. The third-order valence-corrected chi connectivity index (χ3v) is 4.83. The first-order chi connectivity index (χ1) is 11.1. The molecule has 0 bridgehead atoms. The Morgan fingerprint density at radius 2 is 1.91 bits per heavy atom. The van der Waals surface area contributed by atoms with Crippen molar-refractivity contribution in [2.24, 2.45) is 0 Å². The van der Waals surface area contributed by atoms with E-state index in [-0.39, 0.29) is 6.04 Å². The molecule has 2 aromatic rings. The Labute approximate surface area is 141 Å². The van der Waals surface area contributed by atoms with Gasteiger partial charge in [-0.05, 0) is 48.6 Å². The zero-order chi connectivity index (χ0) is 16.4. The SMILES string of the molecule is Cc1ccccc1C(c1ccc(Cl)cc1)N1CCCC1C(=O)O. The molecule has 2 aromatic carbocycles. The Kier molecular flexibility index (Phi) is 4.69. The van der Waals surface area contributed by atoms with Crippen LogP contribution in [0.15, 0.2) is 48.5 Å². The molecule has 3 nitrogen and oxygen atoms in total. The third-order valence-electron chi connectivity index (χ3n) is 4.58. The van der Waals surface area contributed by atoms with Gasteiger partial charge in [0.15, 0.2) is 0 Å². The van der Waals surface area contributed by atoms with Crippen LogP contribution in [0.4, 0.5) is 0 Å². The van der Waals surface area contributed by atoms with Gasteiger partial charge in [0.05, 0.1) is 6.04 Å². The summed E-state index contributed by atoms with van der Waals surface area (Å²) in [5, 5.41) is 10.3. The number of aliphatic carboxylic acids is 1. The summed E-state index contributed by atoms with van der Waals surface area (Å²) in [5.74, 6) is -0.741. The first-order valence-corrected chi connectivity index (χ1v) is 8.25. The van der Waals surface area contributed by atoms with Crippen LogP contribution < -0.4 is 0 Å². The van der Waals surface area contributed by atoms with Crippen molar-refractivity contribution in [3.63, 3.8) is 0 Å². The Morgan fingerprint density at radius 1 is 1.22 bits per heavy atom. The van der Waals surface area contributed by atoms with E-state index in [9.17, 15) is 9.90 Å². The van der Waals surface area contributed by atoms with Crippen LogP contribution in [0, 0.1) is 6.92 Å². The second-order valence-electron chi connectivity index (χ2n) is 6.04. The lowest BCUT2D eigenvalue weighted by Crippen LogP contribution is -2.39. The summed E-state index contributed by atoms with van der Waals surface area (Å²) in [7, 11) is 0. The van der Waals surface area contributed by atoms with Crippen LogP contribution in [0.1, 0.15) is 35.6 Å². The van der Waals surface area contributed by atoms with Crippen LogP contribution in [0.25, 0.3) is 0 Å². The molecule has 0 radical (unpaired) electrons. The molecule has 3 rings (SSSR count). The molecule has 23 heavy (non-hydrogen) atoms. The molecule has 1 aliphatic rings. The van der Waals surface area contributed by atoms with Crippen molar-refractivity contribution in [3.8, 4) is 0 Å². The largest absolute Gasteiger partial charge is 0.480 e. The molecule has 0 spiro atoms. The Bertz CT molecular complexity index is 699. The van der Waals surface area contributed by atoms with E-state index in [1.807, 2.05) is 36.4 Å². The summed E-state index contributed by atoms with van der Waals surface area (Å²) < 4.78 is 0. The van der Waals surface area contributed by atoms with Gasteiger partial charge in [-0.15, -0.1) is 0 Å². The number of carboxylic acids is 1. The van der Waals surface area contributed by atoms with Gasteiger partial charge < -0.3 is 5.11 Å². The van der Waals surface area contributed by atoms with Crippen LogP contribution in [-0.2, 0) is 4.79 Å². The summed E-state index contributed by atoms with van der Waals surface area (Å²) in [6, 6.07) is 15.4. The van der Waals surface area contributed by atoms with Crippen LogP contribution in [0.3, 0.4) is 0 Å². The number of benzene rings is 2. The predicted molar refractivity (Wildman–Crippen MR) is 91.8 cm³/mol. The van der Waals surface area contributed by atoms with Crippen molar-refractivity contribution in [1.29, 1.82) is 0 Å². The quantitative estimate of drug-likeness (QED) is 0.909. The van der Waals surface area contributed by atoms with E-state index in [4.69, 9.17) is 11.6 Å². The minimum atomic E-state index is -0.741. The van der Waals surface area contributed by atoms with Crippen LogP contribution in [-0.4, -0.2) is 28.6 Å². The van der Waals surface area contributed by atoms with Crippen molar-refractivity contribution < 1.29 is 9.90 Å². The highest BCUT2D eigenvalue weighted by Crippen LogP contribution is 2.36. The summed E-state index contributed by atoms with van der Waals surface area (Å²) in [5.41, 5.74) is 3.41. The summed E-state index contributed by atoms with van der Waals surface area (Å²) in [6.45, 7) is 2.86. The van der Waals surface area contributed by atoms with Gasteiger partial charge in [-0.25, -0.2) is 0 Å². The molecule has 2 unspecified atom stereocenters. The minimum Gasteiger partial charge on any atom is -0.480 e. The molecule has 0 aromatic heterocycles. The smallest absolute Gasteiger partial charge is 0.320 e. The number of halogens is 1. The zero-order valence-electron chi connectivity index (χ0n) is 13.1. The van der Waals surface area contributed by atoms with Crippen LogP contribution in [0.2, 0.25) is 5.02 Å². The standard InChI is InChI=1S/C19H20ClNO2/c1-13-5-2-3-6-16(13)18(14-8-10-15(20)11-9-14)21-12-4-7-17(21)19(22)23/h2-3,5-6,8-11,17-18H,4,7,12H2,1H3,(H,22,23). The first kappa shape index (κ1) is 16.0. The van der Waals surface area contributed by atoms with Crippen LogP contribution >= 0.6 is 11.6 Å². The van der Waals surface area contributed by atoms with Crippen molar-refractivity contribution in [1.82, 2.24) is 4.90 Å². The lowest BCUT2D eigenvalue weighted by molar-refractivity contribution is -0.142. The second kappa shape index (κ2) is 6.73. The molecule has 4 heteroatoms. The molecule has 0 aliphatic carbocycles. The molecule has 1 aliphatic heterocycles. The monoisotopic (exact) mass is 329 g/mol. The fraction of sp³-hybridized carbons (Fsp3) is 0.316. The van der Waals surface area contributed by atoms with E-state index in [0.29, 0.717) is 11.4 Å². The number of nitrogens with zero attached hydrogens (tertiary/aromatic N) is 1. The number of hydrogen-bond acceptors (Lipinski definition) is 2. The minimum absolute atomic E-state index is 0.0583. The van der Waals surface area contributed by atoms with Gasteiger partial charge in [0, 0.05) is 11.6 Å². The number of carboxylic acid groups (broad SMARTS) is 1. The number of carbonyl (C=O) groups is 1. The molecule has 0 amide bonds. The van der Waals surface area contributed by atoms with Gasteiger partial charge in [-0.1, -0.05) is 48.0 Å². The maximum absolute atomic E-state index is 11.7. The number of aryl methyl sites for hydroxylation is 1. The second-order valence-corrected chi connectivity index (χ2v) is 6.48. The predicted octanol–water partition coefficient (Wildman–Crippen LogP) is 4.29. The Morgan fingerprint density at radius 3 is 2.57 bits per heavy atom. The molecule has 0 saturated carbocycles. The van der Waals surface area contributed by atoms with Crippen molar-refractivity contribution in [2.75, 3.05) is 6.54 Å². The topological polar surface area (TPSA) is 40.5 Å². The number of rotatable bonds is 4. The Hall–Kier alpha value is -1.84. The van der Waals surface area contributed by atoms with E-state index in [2.05, 4.69) is 24.0 Å². The molecule has 1 fully saturated rings. The average Bonchev–Trinajstić information content (AvgIpc) is 3.01. The van der Waals surface area contributed by atoms with E-state index in [1.165, 1.54) is 5.56 Å². The third kappa shape index (κ3) is 3.26. The molecular weight excluding hydrogens is 310 g/mol. The van der Waals surface area contributed by atoms with E-state index in [0.717, 1.165) is 24.1 Å². The van der Waals surface area contributed by atoms with Crippen molar-refractivity contribution >= 4 is 17.6 Å². The maximum Gasteiger partial charge on any atom is 0.320 e. The van der Waals surface area contributed by atoms with Crippen LogP contribution in [0.5, 0.6) is 0 Å². The lowest BCUT2D eigenvalue weighted by atomic mass is 9.93. The van der Waals surface area contributed by atoms with Gasteiger partial charge in [-0.3, -0.25) is 9.69 Å². The number of likely N-dealkylation sites (tertiary alicyclic amines) is 1. The fourth-order valence-electron chi connectivity index (χ4n) is 3.45. The van der Waals surface area contributed by atoms with Crippen molar-refractivity contribution in [2.45, 2.75) is 31.8 Å². The van der Waals surface area contributed by atoms with Gasteiger partial charge in [0.1, 0.15) is 6.04 Å². The molecule has 120 valence electrons. The van der Waals surface area contributed by atoms with Gasteiger partial charge >= 0.3 is 5.97 Å². The summed E-state index contributed by atoms with van der Waals surface area (Å²) >= 11 is 6.02. The van der Waals surface area contributed by atoms with Gasteiger partial charge in [0.2, 0.25) is 0 Å². The molecule has 1 N–H and O–H groups in total. The van der Waals surface area contributed by atoms with Crippen molar-refractivity contribution in [3.05, 3.63) is 70.2 Å². The van der Waals surface area contributed by atoms with Gasteiger partial charge in [0.25, 0.3) is 0 Å². The lowest BCUT2D eigenvalue weighted by Gasteiger charge is -2.33. The van der Waals surface area contributed by atoms with E-state index < -0.39 is 12.0 Å². The van der Waals surface area contributed by atoms with E-state index >= 15 is 0 Å². The number of hydrogen-bond donors (Lipinski definition) is 1. The highest BCUT2D eigenvalue weighted by molar-refractivity contribution is 6.30. The molecule has 1 saturated heterocycles. The fourth-order valence-corrected chi connectivity index (χ4v) is 3.58.